The van der Waals surface area contributed by atoms with Crippen LogP contribution in [-0.2, 0) is 0 Å². The minimum absolute atomic E-state index is 0.0386. The van der Waals surface area contributed by atoms with E-state index < -0.39 is 0 Å². The van der Waals surface area contributed by atoms with Gasteiger partial charge >= 0.3 is 0 Å². The van der Waals surface area contributed by atoms with E-state index >= 15 is 0 Å². The first-order chi connectivity index (χ1) is 9.65. The van der Waals surface area contributed by atoms with Gasteiger partial charge in [-0.3, -0.25) is 4.90 Å². The minimum atomic E-state index is 0.0386. The summed E-state index contributed by atoms with van der Waals surface area (Å²) >= 11 is 6.47. The van der Waals surface area contributed by atoms with Crippen LogP contribution in [0.1, 0.15) is 37.8 Å². The summed E-state index contributed by atoms with van der Waals surface area (Å²) in [6, 6.07) is 7.02. The molecule has 2 N–H and O–H groups in total. The highest BCUT2D eigenvalue weighted by Gasteiger charge is 2.29. The van der Waals surface area contributed by atoms with Gasteiger partial charge in [0.25, 0.3) is 0 Å². The number of nitrogens with two attached hydrogens (primary N) is 1. The topological polar surface area (TPSA) is 32.5 Å². The molecule has 2 aliphatic rings. The molecule has 1 unspecified atom stereocenters. The number of anilines is 1. The Labute approximate surface area is 126 Å². The zero-order valence-corrected chi connectivity index (χ0v) is 12.9. The van der Waals surface area contributed by atoms with Gasteiger partial charge in [0.1, 0.15) is 0 Å². The van der Waals surface area contributed by atoms with Crippen molar-refractivity contribution in [1.82, 2.24) is 4.90 Å². The number of fused-ring (bicyclic) bond motifs is 1. The van der Waals surface area contributed by atoms with Crippen molar-refractivity contribution in [1.29, 1.82) is 0 Å². The summed E-state index contributed by atoms with van der Waals surface area (Å²) in [6.07, 6.45) is 4.05. The number of halogens is 1. The molecule has 0 spiro atoms. The van der Waals surface area contributed by atoms with E-state index in [9.17, 15) is 0 Å². The summed E-state index contributed by atoms with van der Waals surface area (Å²) in [5.74, 6) is 0. The predicted molar refractivity (Wildman–Crippen MR) is 85.5 cm³/mol. The van der Waals surface area contributed by atoms with Crippen molar-refractivity contribution in [2.75, 3.05) is 31.1 Å². The van der Waals surface area contributed by atoms with Crippen LogP contribution in [0, 0.1) is 0 Å². The Hall–Kier alpha value is -0.770. The van der Waals surface area contributed by atoms with Crippen molar-refractivity contribution in [3.63, 3.8) is 0 Å². The van der Waals surface area contributed by atoms with E-state index in [1.165, 1.54) is 31.5 Å². The van der Waals surface area contributed by atoms with Crippen LogP contribution in [-0.4, -0.2) is 37.1 Å². The molecule has 110 valence electrons. The molecular formula is C16H24ClN3. The number of hydrogen-bond acceptors (Lipinski definition) is 3. The molecule has 3 nitrogen and oxygen atoms in total. The Kier molecular flexibility index (Phi) is 4.20. The van der Waals surface area contributed by atoms with Gasteiger partial charge in [0.15, 0.2) is 0 Å². The fourth-order valence-corrected chi connectivity index (χ4v) is 3.75. The lowest BCUT2D eigenvalue weighted by Gasteiger charge is -2.45. The molecule has 0 amide bonds. The average Bonchev–Trinajstić information content (AvgIpc) is 2.46. The van der Waals surface area contributed by atoms with Crippen LogP contribution in [0.2, 0.25) is 5.02 Å². The molecule has 0 saturated carbocycles. The standard InChI is InChI=1S/C16H24ClN3/c1-12(18)13-5-6-16(15(17)10-13)20-9-8-19-7-3-2-4-14(19)11-20/h5-6,10,12,14H,2-4,7-9,11,18H2,1H3/t12-,14?/m1/s1. The molecule has 2 aliphatic heterocycles. The monoisotopic (exact) mass is 293 g/mol. The van der Waals surface area contributed by atoms with Crippen LogP contribution in [0.3, 0.4) is 0 Å². The van der Waals surface area contributed by atoms with Crippen molar-refractivity contribution in [3.8, 4) is 0 Å². The lowest BCUT2D eigenvalue weighted by atomic mass is 9.99. The molecule has 1 aromatic rings. The van der Waals surface area contributed by atoms with E-state index in [4.69, 9.17) is 17.3 Å². The van der Waals surface area contributed by atoms with Crippen molar-refractivity contribution in [2.45, 2.75) is 38.3 Å². The Morgan fingerprint density at radius 3 is 2.85 bits per heavy atom. The summed E-state index contributed by atoms with van der Waals surface area (Å²) < 4.78 is 0. The minimum Gasteiger partial charge on any atom is -0.367 e. The van der Waals surface area contributed by atoms with E-state index in [1.54, 1.807) is 0 Å². The third-order valence-electron chi connectivity index (χ3n) is 4.68. The van der Waals surface area contributed by atoms with E-state index in [0.29, 0.717) is 6.04 Å². The molecule has 0 bridgehead atoms. The summed E-state index contributed by atoms with van der Waals surface area (Å²) in [6.45, 7) is 6.61. The maximum atomic E-state index is 6.47. The third kappa shape index (κ3) is 2.80. The summed E-state index contributed by atoms with van der Waals surface area (Å²) in [5.41, 5.74) is 8.19. The number of piperidine rings is 1. The Bertz CT molecular complexity index is 475. The normalized spacial score (nSPS) is 25.4. The third-order valence-corrected chi connectivity index (χ3v) is 4.98. The number of benzene rings is 1. The molecule has 2 saturated heterocycles. The zero-order valence-electron chi connectivity index (χ0n) is 12.2. The molecule has 0 radical (unpaired) electrons. The van der Waals surface area contributed by atoms with Crippen LogP contribution in [0.25, 0.3) is 0 Å². The highest BCUT2D eigenvalue weighted by atomic mass is 35.5. The van der Waals surface area contributed by atoms with E-state index in [-0.39, 0.29) is 6.04 Å². The largest absolute Gasteiger partial charge is 0.367 e. The fraction of sp³-hybridized carbons (Fsp3) is 0.625. The van der Waals surface area contributed by atoms with Gasteiger partial charge < -0.3 is 10.6 Å². The van der Waals surface area contributed by atoms with Gasteiger partial charge in [-0.25, -0.2) is 0 Å². The van der Waals surface area contributed by atoms with Gasteiger partial charge in [0, 0.05) is 31.7 Å². The SMILES string of the molecule is C[C@@H](N)c1ccc(N2CCN3CCCCC3C2)c(Cl)c1. The molecule has 2 atom stereocenters. The fourth-order valence-electron chi connectivity index (χ4n) is 3.44. The molecule has 4 heteroatoms. The Morgan fingerprint density at radius 2 is 2.10 bits per heavy atom. The maximum Gasteiger partial charge on any atom is 0.0642 e. The van der Waals surface area contributed by atoms with Crippen LogP contribution in [0.4, 0.5) is 5.69 Å². The molecule has 0 aromatic heterocycles. The lowest BCUT2D eigenvalue weighted by Crippen LogP contribution is -2.55. The summed E-state index contributed by atoms with van der Waals surface area (Å²) in [7, 11) is 0. The van der Waals surface area contributed by atoms with Gasteiger partial charge in [0.2, 0.25) is 0 Å². The first-order valence-electron chi connectivity index (χ1n) is 7.69. The van der Waals surface area contributed by atoms with E-state index in [1.807, 2.05) is 13.0 Å². The van der Waals surface area contributed by atoms with Crippen molar-refractivity contribution in [3.05, 3.63) is 28.8 Å². The summed E-state index contributed by atoms with van der Waals surface area (Å²) in [4.78, 5) is 5.09. The van der Waals surface area contributed by atoms with Gasteiger partial charge in [-0.1, -0.05) is 24.1 Å². The second kappa shape index (κ2) is 5.92. The smallest absolute Gasteiger partial charge is 0.0642 e. The average molecular weight is 294 g/mol. The van der Waals surface area contributed by atoms with Crippen molar-refractivity contribution >= 4 is 17.3 Å². The number of hydrogen-bond donors (Lipinski definition) is 1. The van der Waals surface area contributed by atoms with E-state index in [0.717, 1.165) is 30.2 Å². The van der Waals surface area contributed by atoms with Crippen LogP contribution < -0.4 is 10.6 Å². The number of piperazine rings is 1. The quantitative estimate of drug-likeness (QED) is 0.910. The number of rotatable bonds is 2. The van der Waals surface area contributed by atoms with Crippen LogP contribution >= 0.6 is 11.6 Å². The summed E-state index contributed by atoms with van der Waals surface area (Å²) in [5, 5.41) is 0.837. The van der Waals surface area contributed by atoms with Gasteiger partial charge in [-0.05, 0) is 44.0 Å². The van der Waals surface area contributed by atoms with Gasteiger partial charge in [0.05, 0.1) is 10.7 Å². The van der Waals surface area contributed by atoms with Gasteiger partial charge in [-0.2, -0.15) is 0 Å². The van der Waals surface area contributed by atoms with E-state index in [2.05, 4.69) is 21.9 Å². The maximum absolute atomic E-state index is 6.47. The zero-order chi connectivity index (χ0) is 14.1. The van der Waals surface area contributed by atoms with Crippen LogP contribution in [0.5, 0.6) is 0 Å². The molecule has 20 heavy (non-hydrogen) atoms. The molecular weight excluding hydrogens is 270 g/mol. The molecule has 1 aromatic carbocycles. The Balaban J connectivity index is 1.76. The van der Waals surface area contributed by atoms with Gasteiger partial charge in [-0.15, -0.1) is 0 Å². The second-order valence-corrected chi connectivity index (χ2v) is 6.54. The predicted octanol–water partition coefficient (Wildman–Crippen LogP) is 3.03. The molecule has 3 rings (SSSR count). The number of nitrogens with zero attached hydrogens (tertiary/aromatic N) is 2. The van der Waals surface area contributed by atoms with Crippen LogP contribution in [0.15, 0.2) is 18.2 Å². The molecule has 2 heterocycles. The molecule has 2 fully saturated rings. The Morgan fingerprint density at radius 1 is 1.25 bits per heavy atom. The van der Waals surface area contributed by atoms with Crippen molar-refractivity contribution < 1.29 is 0 Å². The first-order valence-corrected chi connectivity index (χ1v) is 8.07. The molecule has 0 aliphatic carbocycles. The highest BCUT2D eigenvalue weighted by molar-refractivity contribution is 6.33. The highest BCUT2D eigenvalue weighted by Crippen LogP contribution is 2.31. The first kappa shape index (κ1) is 14.2. The lowest BCUT2D eigenvalue weighted by molar-refractivity contribution is 0.133. The van der Waals surface area contributed by atoms with Crippen molar-refractivity contribution in [2.24, 2.45) is 5.73 Å². The second-order valence-electron chi connectivity index (χ2n) is 6.13.